The smallest absolute Gasteiger partial charge is 0.305 e. The number of aryl methyl sites for hydroxylation is 1. The van der Waals surface area contributed by atoms with Crippen molar-refractivity contribution >= 4 is 17.8 Å². The largest absolute Gasteiger partial charge is 0.490 e. The Balaban J connectivity index is 1.62. The van der Waals surface area contributed by atoms with Crippen LogP contribution in [0, 0.1) is 0 Å². The summed E-state index contributed by atoms with van der Waals surface area (Å²) in [5.41, 5.74) is 3.78. The molecule has 1 aliphatic heterocycles. The molecule has 0 spiro atoms. The number of rotatable bonds is 4. The third kappa shape index (κ3) is 4.25. The molecule has 2 aliphatic rings. The summed E-state index contributed by atoms with van der Waals surface area (Å²) in [6, 6.07) is 6.29. The van der Waals surface area contributed by atoms with Gasteiger partial charge in [-0.05, 0) is 55.4 Å². The van der Waals surface area contributed by atoms with Gasteiger partial charge in [0.25, 0.3) is 0 Å². The highest BCUT2D eigenvalue weighted by Gasteiger charge is 2.21. The van der Waals surface area contributed by atoms with Crippen molar-refractivity contribution in [2.75, 3.05) is 7.11 Å². The molecule has 1 aromatic carbocycles. The van der Waals surface area contributed by atoms with E-state index in [1.165, 1.54) is 23.8 Å². The molecule has 1 fully saturated rings. The predicted octanol–water partition coefficient (Wildman–Crippen LogP) is 3.86. The number of methoxy groups -OCH3 is 1. The molecule has 4 nitrogen and oxygen atoms in total. The lowest BCUT2D eigenvalue weighted by Crippen LogP contribution is -2.23. The molecule has 0 amide bonds. The van der Waals surface area contributed by atoms with Gasteiger partial charge in [0.05, 0.1) is 13.2 Å². The Morgan fingerprint density at radius 2 is 2.04 bits per heavy atom. The van der Waals surface area contributed by atoms with E-state index in [9.17, 15) is 9.59 Å². The zero-order valence-electron chi connectivity index (χ0n) is 14.2. The van der Waals surface area contributed by atoms with Gasteiger partial charge in [-0.1, -0.05) is 17.7 Å². The monoisotopic (exact) mass is 328 g/mol. The van der Waals surface area contributed by atoms with Crippen molar-refractivity contribution < 1.29 is 19.1 Å². The van der Waals surface area contributed by atoms with Crippen molar-refractivity contribution in [3.8, 4) is 5.75 Å². The van der Waals surface area contributed by atoms with Crippen LogP contribution in [0.5, 0.6) is 5.75 Å². The number of Topliss-reactive ketones (excluding diaryl/α,β-unsaturated/α-hetero) is 1. The minimum Gasteiger partial charge on any atom is -0.490 e. The lowest BCUT2D eigenvalue weighted by Gasteiger charge is -2.26. The molecule has 0 N–H and O–H groups in total. The minimum atomic E-state index is -0.183. The Labute approximate surface area is 142 Å². The first-order valence-corrected chi connectivity index (χ1v) is 8.71. The fourth-order valence-corrected chi connectivity index (χ4v) is 3.37. The van der Waals surface area contributed by atoms with E-state index >= 15 is 0 Å². The van der Waals surface area contributed by atoms with Gasteiger partial charge in [0.1, 0.15) is 11.5 Å². The maximum absolute atomic E-state index is 11.3. The van der Waals surface area contributed by atoms with E-state index in [1.807, 2.05) is 6.07 Å². The van der Waals surface area contributed by atoms with Gasteiger partial charge in [-0.15, -0.1) is 0 Å². The van der Waals surface area contributed by atoms with Crippen LogP contribution in [0.3, 0.4) is 0 Å². The first-order chi connectivity index (χ1) is 11.6. The number of ether oxygens (including phenoxy) is 2. The van der Waals surface area contributed by atoms with E-state index in [4.69, 9.17) is 4.74 Å². The lowest BCUT2D eigenvalue weighted by molar-refractivity contribution is -0.141. The van der Waals surface area contributed by atoms with Crippen molar-refractivity contribution in [3.63, 3.8) is 0 Å². The maximum Gasteiger partial charge on any atom is 0.305 e. The molecule has 1 heterocycles. The standard InChI is InChI=1S/C20H24O4/c1-23-20(22)11-9-18-8-5-16-13-15(4-10-19(16)24-18)12-14-2-6-17(21)7-3-14/h4,10,12-13,18H,2-3,5-9,11H2,1H3/t18-/m1/s1. The Hall–Kier alpha value is -2.10. The minimum absolute atomic E-state index is 0.0881. The van der Waals surface area contributed by atoms with E-state index in [1.54, 1.807) is 0 Å². The van der Waals surface area contributed by atoms with E-state index in [-0.39, 0.29) is 12.1 Å². The number of fused-ring (bicyclic) bond motifs is 1. The SMILES string of the molecule is COC(=O)CC[C@H]1CCc2cc(C=C3CCC(=O)CC3)ccc2O1. The van der Waals surface area contributed by atoms with Crippen molar-refractivity contribution in [3.05, 3.63) is 34.9 Å². The summed E-state index contributed by atoms with van der Waals surface area (Å²) in [6.07, 6.45) is 8.45. The highest BCUT2D eigenvalue weighted by molar-refractivity contribution is 5.80. The summed E-state index contributed by atoms with van der Waals surface area (Å²) >= 11 is 0. The van der Waals surface area contributed by atoms with E-state index < -0.39 is 0 Å². The molecule has 0 saturated heterocycles. The van der Waals surface area contributed by atoms with Crippen molar-refractivity contribution in [1.82, 2.24) is 0 Å². The van der Waals surface area contributed by atoms with Crippen LogP contribution in [0.2, 0.25) is 0 Å². The van der Waals surface area contributed by atoms with Crippen LogP contribution in [0.15, 0.2) is 23.8 Å². The van der Waals surface area contributed by atoms with Crippen molar-refractivity contribution in [2.24, 2.45) is 0 Å². The molecular weight excluding hydrogens is 304 g/mol. The second kappa shape index (κ2) is 7.65. The summed E-state index contributed by atoms with van der Waals surface area (Å²) < 4.78 is 10.7. The average Bonchev–Trinajstić information content (AvgIpc) is 2.61. The number of ketones is 1. The topological polar surface area (TPSA) is 52.6 Å². The number of hydrogen-bond donors (Lipinski definition) is 0. The van der Waals surface area contributed by atoms with Gasteiger partial charge in [0, 0.05) is 19.3 Å². The molecule has 128 valence electrons. The quantitative estimate of drug-likeness (QED) is 0.788. The molecule has 4 heteroatoms. The second-order valence-corrected chi connectivity index (χ2v) is 6.60. The lowest BCUT2D eigenvalue weighted by atomic mass is 9.91. The summed E-state index contributed by atoms with van der Waals surface area (Å²) in [5.74, 6) is 1.12. The molecule has 0 unspecified atom stereocenters. The molecule has 0 radical (unpaired) electrons. The van der Waals surface area contributed by atoms with E-state index in [0.717, 1.165) is 31.4 Å². The Morgan fingerprint density at radius 3 is 2.79 bits per heavy atom. The van der Waals surface area contributed by atoms with Gasteiger partial charge in [-0.3, -0.25) is 9.59 Å². The Bertz CT molecular complexity index is 648. The third-order valence-electron chi connectivity index (χ3n) is 4.83. The first-order valence-electron chi connectivity index (χ1n) is 8.71. The van der Waals surface area contributed by atoms with Crippen LogP contribution in [0.25, 0.3) is 6.08 Å². The molecule has 1 aliphatic carbocycles. The molecule has 1 saturated carbocycles. The van der Waals surface area contributed by atoms with Gasteiger partial charge in [-0.25, -0.2) is 0 Å². The number of benzene rings is 1. The number of carbonyl (C=O) groups is 2. The number of allylic oxidation sites excluding steroid dienone is 1. The average molecular weight is 328 g/mol. The molecule has 24 heavy (non-hydrogen) atoms. The zero-order valence-corrected chi connectivity index (χ0v) is 14.2. The van der Waals surface area contributed by atoms with Gasteiger partial charge >= 0.3 is 5.97 Å². The Kier molecular flexibility index (Phi) is 5.34. The summed E-state index contributed by atoms with van der Waals surface area (Å²) in [6.45, 7) is 0. The number of carbonyl (C=O) groups excluding carboxylic acids is 2. The van der Waals surface area contributed by atoms with Gasteiger partial charge in [0.15, 0.2) is 0 Å². The summed E-state index contributed by atoms with van der Waals surface area (Å²) in [5, 5.41) is 0. The van der Waals surface area contributed by atoms with Crippen molar-refractivity contribution in [1.29, 1.82) is 0 Å². The van der Waals surface area contributed by atoms with Gasteiger partial charge in [-0.2, -0.15) is 0 Å². The molecule has 3 rings (SSSR count). The van der Waals surface area contributed by atoms with Crippen LogP contribution in [-0.2, 0) is 20.7 Å². The van der Waals surface area contributed by atoms with Crippen LogP contribution < -0.4 is 4.74 Å². The number of hydrogen-bond acceptors (Lipinski definition) is 4. The predicted molar refractivity (Wildman–Crippen MR) is 91.9 cm³/mol. The highest BCUT2D eigenvalue weighted by atomic mass is 16.5. The van der Waals surface area contributed by atoms with Crippen LogP contribution in [0.1, 0.15) is 56.1 Å². The fraction of sp³-hybridized carbons (Fsp3) is 0.500. The third-order valence-corrected chi connectivity index (χ3v) is 4.83. The molecule has 0 bridgehead atoms. The molecule has 0 aromatic heterocycles. The van der Waals surface area contributed by atoms with Crippen LogP contribution in [-0.4, -0.2) is 25.0 Å². The maximum atomic E-state index is 11.3. The first kappa shape index (κ1) is 16.7. The highest BCUT2D eigenvalue weighted by Crippen LogP contribution is 2.31. The molecule has 1 aromatic rings. The fourth-order valence-electron chi connectivity index (χ4n) is 3.37. The van der Waals surface area contributed by atoms with Gasteiger partial charge < -0.3 is 9.47 Å². The van der Waals surface area contributed by atoms with Gasteiger partial charge in [0.2, 0.25) is 0 Å². The van der Waals surface area contributed by atoms with Crippen LogP contribution >= 0.6 is 0 Å². The van der Waals surface area contributed by atoms with E-state index in [0.29, 0.717) is 31.5 Å². The summed E-state index contributed by atoms with van der Waals surface area (Å²) in [4.78, 5) is 22.6. The Morgan fingerprint density at radius 1 is 1.25 bits per heavy atom. The van der Waals surface area contributed by atoms with Crippen molar-refractivity contribution in [2.45, 2.75) is 57.5 Å². The molecule has 1 atom stereocenters. The van der Waals surface area contributed by atoms with Crippen LogP contribution in [0.4, 0.5) is 0 Å². The molecular formula is C20H24O4. The summed E-state index contributed by atoms with van der Waals surface area (Å²) in [7, 11) is 1.41. The second-order valence-electron chi connectivity index (χ2n) is 6.60. The normalized spacial score (nSPS) is 20.1. The van der Waals surface area contributed by atoms with E-state index in [2.05, 4.69) is 22.9 Å². The zero-order chi connectivity index (χ0) is 16.9. The number of esters is 1.